The summed E-state index contributed by atoms with van der Waals surface area (Å²) in [4.78, 5) is 2.25. The van der Waals surface area contributed by atoms with Gasteiger partial charge in [-0.3, -0.25) is 0 Å². The molecule has 0 unspecified atom stereocenters. The van der Waals surface area contributed by atoms with Crippen molar-refractivity contribution in [2.24, 2.45) is 0 Å². The van der Waals surface area contributed by atoms with E-state index >= 15 is 0 Å². The Kier molecular flexibility index (Phi) is 4.84. The van der Waals surface area contributed by atoms with E-state index in [0.717, 1.165) is 11.0 Å². The average molecular weight is 333 g/mol. The molecule has 2 rings (SSSR count). The number of hydrogen-bond donors (Lipinski definition) is 1. The van der Waals surface area contributed by atoms with E-state index in [1.54, 1.807) is 0 Å². The fourth-order valence-electron chi connectivity index (χ4n) is 2.50. The van der Waals surface area contributed by atoms with Crippen LogP contribution in [-0.4, -0.2) is 14.1 Å². The van der Waals surface area contributed by atoms with Crippen LogP contribution >= 0.6 is 15.9 Å². The van der Waals surface area contributed by atoms with Gasteiger partial charge in [0.1, 0.15) is 0 Å². The highest BCUT2D eigenvalue weighted by Gasteiger charge is 2.10. The van der Waals surface area contributed by atoms with E-state index in [9.17, 15) is 0 Å². The summed E-state index contributed by atoms with van der Waals surface area (Å²) in [6.45, 7) is 5.13. The third kappa shape index (κ3) is 3.41. The Hall–Kier alpha value is -1.32. The van der Waals surface area contributed by atoms with E-state index in [1.165, 1.54) is 28.1 Å². The number of halogens is 1. The van der Waals surface area contributed by atoms with Crippen LogP contribution in [0.2, 0.25) is 0 Å². The van der Waals surface area contributed by atoms with Crippen molar-refractivity contribution in [3.63, 3.8) is 0 Å². The zero-order chi connectivity index (χ0) is 14.7. The molecule has 2 aromatic rings. The molecule has 0 aliphatic carbocycles. The van der Waals surface area contributed by atoms with Crippen molar-refractivity contribution in [3.05, 3.63) is 57.6 Å². The Morgan fingerprint density at radius 2 is 1.70 bits per heavy atom. The maximum absolute atomic E-state index is 3.55. The SMILES string of the molecule is CNCc1cc(Br)ccc1N(C)c1cc(C)cc(C)c1. The van der Waals surface area contributed by atoms with E-state index in [0.29, 0.717) is 0 Å². The Morgan fingerprint density at radius 3 is 2.30 bits per heavy atom. The number of benzene rings is 2. The number of hydrogen-bond acceptors (Lipinski definition) is 2. The van der Waals surface area contributed by atoms with Crippen LogP contribution in [0, 0.1) is 13.8 Å². The molecule has 0 saturated heterocycles. The second-order valence-corrected chi connectivity index (χ2v) is 6.12. The smallest absolute Gasteiger partial charge is 0.0454 e. The van der Waals surface area contributed by atoms with Crippen LogP contribution in [0.15, 0.2) is 40.9 Å². The number of anilines is 2. The molecule has 106 valence electrons. The second kappa shape index (κ2) is 6.42. The van der Waals surface area contributed by atoms with Gasteiger partial charge in [-0.2, -0.15) is 0 Å². The molecule has 2 aromatic carbocycles. The maximum atomic E-state index is 3.55. The molecule has 0 heterocycles. The molecule has 0 aliphatic rings. The van der Waals surface area contributed by atoms with Crippen molar-refractivity contribution in [3.8, 4) is 0 Å². The fraction of sp³-hybridized carbons (Fsp3) is 0.294. The largest absolute Gasteiger partial charge is 0.344 e. The number of nitrogens with zero attached hydrogens (tertiary/aromatic N) is 1. The molecule has 2 nitrogen and oxygen atoms in total. The Balaban J connectivity index is 2.44. The molecule has 3 heteroatoms. The van der Waals surface area contributed by atoms with Crippen LogP contribution in [-0.2, 0) is 6.54 Å². The predicted molar refractivity (Wildman–Crippen MR) is 90.9 cm³/mol. The van der Waals surface area contributed by atoms with E-state index in [2.05, 4.69) is 83.4 Å². The first-order chi connectivity index (χ1) is 9.51. The first-order valence-electron chi connectivity index (χ1n) is 6.76. The minimum Gasteiger partial charge on any atom is -0.344 e. The molecule has 20 heavy (non-hydrogen) atoms. The summed E-state index contributed by atoms with van der Waals surface area (Å²) in [7, 11) is 4.10. The van der Waals surface area contributed by atoms with Crippen molar-refractivity contribution in [1.82, 2.24) is 5.32 Å². The quantitative estimate of drug-likeness (QED) is 0.883. The van der Waals surface area contributed by atoms with Gasteiger partial charge >= 0.3 is 0 Å². The minimum atomic E-state index is 0.851. The summed E-state index contributed by atoms with van der Waals surface area (Å²) in [5.41, 5.74) is 6.32. The minimum absolute atomic E-state index is 0.851. The highest BCUT2D eigenvalue weighted by atomic mass is 79.9. The molecule has 0 saturated carbocycles. The summed E-state index contributed by atoms with van der Waals surface area (Å²) in [6, 6.07) is 13.1. The highest BCUT2D eigenvalue weighted by molar-refractivity contribution is 9.10. The van der Waals surface area contributed by atoms with E-state index in [4.69, 9.17) is 0 Å². The van der Waals surface area contributed by atoms with Gasteiger partial charge in [0.2, 0.25) is 0 Å². The van der Waals surface area contributed by atoms with Crippen molar-refractivity contribution >= 4 is 27.3 Å². The summed E-state index contributed by atoms with van der Waals surface area (Å²) in [6.07, 6.45) is 0. The van der Waals surface area contributed by atoms with Crippen LogP contribution < -0.4 is 10.2 Å². The lowest BCUT2D eigenvalue weighted by molar-refractivity contribution is 0.815. The van der Waals surface area contributed by atoms with Crippen LogP contribution in [0.5, 0.6) is 0 Å². The maximum Gasteiger partial charge on any atom is 0.0454 e. The molecule has 0 atom stereocenters. The van der Waals surface area contributed by atoms with Crippen molar-refractivity contribution < 1.29 is 0 Å². The fourth-order valence-corrected chi connectivity index (χ4v) is 2.91. The zero-order valence-electron chi connectivity index (χ0n) is 12.5. The lowest BCUT2D eigenvalue weighted by Gasteiger charge is -2.24. The molecule has 0 bridgehead atoms. The van der Waals surface area contributed by atoms with Crippen LogP contribution in [0.1, 0.15) is 16.7 Å². The van der Waals surface area contributed by atoms with Gasteiger partial charge in [-0.25, -0.2) is 0 Å². The van der Waals surface area contributed by atoms with Gasteiger partial charge in [0.25, 0.3) is 0 Å². The van der Waals surface area contributed by atoms with E-state index in [1.807, 2.05) is 7.05 Å². The highest BCUT2D eigenvalue weighted by Crippen LogP contribution is 2.30. The molecule has 0 aliphatic heterocycles. The summed E-state index contributed by atoms with van der Waals surface area (Å²) in [5.74, 6) is 0. The van der Waals surface area contributed by atoms with E-state index < -0.39 is 0 Å². The average Bonchev–Trinajstić information content (AvgIpc) is 2.37. The molecule has 0 aromatic heterocycles. The monoisotopic (exact) mass is 332 g/mol. The standard InChI is InChI=1S/C17H21BrN2/c1-12-7-13(2)9-16(8-12)20(4)17-6-5-15(18)10-14(17)11-19-3/h5-10,19H,11H2,1-4H3. The third-order valence-electron chi connectivity index (χ3n) is 3.36. The third-order valence-corrected chi connectivity index (χ3v) is 3.86. The zero-order valence-corrected chi connectivity index (χ0v) is 14.1. The van der Waals surface area contributed by atoms with Gasteiger partial charge in [-0.1, -0.05) is 22.0 Å². The van der Waals surface area contributed by atoms with Gasteiger partial charge in [0.15, 0.2) is 0 Å². The topological polar surface area (TPSA) is 15.3 Å². The molecule has 0 radical (unpaired) electrons. The van der Waals surface area contributed by atoms with Gasteiger partial charge in [-0.15, -0.1) is 0 Å². The molecule has 0 amide bonds. The van der Waals surface area contributed by atoms with Crippen LogP contribution in [0.25, 0.3) is 0 Å². The lowest BCUT2D eigenvalue weighted by Crippen LogP contribution is -2.15. The van der Waals surface area contributed by atoms with Crippen LogP contribution in [0.4, 0.5) is 11.4 Å². The Labute approximate surface area is 129 Å². The molecule has 0 spiro atoms. The number of aryl methyl sites for hydroxylation is 2. The molecular formula is C17H21BrN2. The summed E-state index contributed by atoms with van der Waals surface area (Å²) >= 11 is 3.55. The Bertz CT molecular complexity index is 588. The number of rotatable bonds is 4. The van der Waals surface area contributed by atoms with E-state index in [-0.39, 0.29) is 0 Å². The normalized spacial score (nSPS) is 10.7. The first-order valence-corrected chi connectivity index (χ1v) is 7.55. The summed E-state index contributed by atoms with van der Waals surface area (Å²) < 4.78 is 1.11. The van der Waals surface area contributed by atoms with Gasteiger partial charge in [0, 0.05) is 29.4 Å². The van der Waals surface area contributed by atoms with Crippen molar-refractivity contribution in [1.29, 1.82) is 0 Å². The lowest BCUT2D eigenvalue weighted by atomic mass is 10.1. The molecule has 1 N–H and O–H groups in total. The first kappa shape index (κ1) is 15.1. The number of nitrogens with one attached hydrogen (secondary N) is 1. The van der Waals surface area contributed by atoms with Gasteiger partial charge in [-0.05, 0) is 67.9 Å². The van der Waals surface area contributed by atoms with Crippen molar-refractivity contribution in [2.75, 3.05) is 19.0 Å². The van der Waals surface area contributed by atoms with Crippen molar-refractivity contribution in [2.45, 2.75) is 20.4 Å². The van der Waals surface area contributed by atoms with Gasteiger partial charge < -0.3 is 10.2 Å². The van der Waals surface area contributed by atoms with Crippen LogP contribution in [0.3, 0.4) is 0 Å². The van der Waals surface area contributed by atoms with Gasteiger partial charge in [0.05, 0.1) is 0 Å². The summed E-state index contributed by atoms with van der Waals surface area (Å²) in [5, 5.41) is 3.23. The molecular weight excluding hydrogens is 312 g/mol. The Morgan fingerprint density at radius 1 is 1.05 bits per heavy atom. The second-order valence-electron chi connectivity index (χ2n) is 5.21. The predicted octanol–water partition coefficient (Wildman–Crippen LogP) is 4.55. The molecule has 0 fully saturated rings.